The van der Waals surface area contributed by atoms with Gasteiger partial charge in [-0.25, -0.2) is 0 Å². The Kier molecular flexibility index (Phi) is 5.19. The Morgan fingerprint density at radius 2 is 0.500 bits per heavy atom. The highest BCUT2D eigenvalue weighted by atomic mass is 14.5. The molecule has 2 nitrogen and oxygen atoms in total. The average Bonchev–Trinajstić information content (AvgIpc) is 2.85. The zero-order valence-electron chi connectivity index (χ0n) is 17.7. The third-order valence-corrected chi connectivity index (χ3v) is 5.80. The summed E-state index contributed by atoms with van der Waals surface area (Å²) >= 11 is 0. The zero-order chi connectivity index (χ0) is 21.9. The lowest BCUT2D eigenvalue weighted by atomic mass is 9.91. The Morgan fingerprint density at radius 1 is 0.281 bits per heavy atom. The summed E-state index contributed by atoms with van der Waals surface area (Å²) in [6.07, 6.45) is 0. The van der Waals surface area contributed by atoms with Crippen molar-refractivity contribution in [3.63, 3.8) is 0 Å². The minimum Gasteiger partial charge on any atom is -0.399 e. The van der Waals surface area contributed by atoms with Crippen molar-refractivity contribution >= 4 is 11.4 Å². The maximum Gasteiger partial charge on any atom is 0.0314 e. The molecule has 0 amide bonds. The molecular formula is C30H24N2. The predicted octanol–water partition coefficient (Wildman–Crippen LogP) is 7.52. The van der Waals surface area contributed by atoms with Crippen molar-refractivity contribution in [3.8, 4) is 44.5 Å². The average molecular weight is 413 g/mol. The van der Waals surface area contributed by atoms with Gasteiger partial charge >= 0.3 is 0 Å². The Labute approximate surface area is 188 Å². The molecule has 0 aromatic heterocycles. The molecule has 154 valence electrons. The molecule has 0 radical (unpaired) electrons. The minimum absolute atomic E-state index is 0.773. The van der Waals surface area contributed by atoms with E-state index in [-0.39, 0.29) is 0 Å². The summed E-state index contributed by atoms with van der Waals surface area (Å²) < 4.78 is 0. The van der Waals surface area contributed by atoms with Crippen LogP contribution in [0.15, 0.2) is 121 Å². The van der Waals surface area contributed by atoms with Gasteiger partial charge in [0, 0.05) is 11.4 Å². The molecule has 0 unspecified atom stereocenters. The zero-order valence-corrected chi connectivity index (χ0v) is 17.7. The largest absolute Gasteiger partial charge is 0.399 e. The maximum atomic E-state index is 5.88. The topological polar surface area (TPSA) is 52.0 Å². The monoisotopic (exact) mass is 412 g/mol. The molecule has 0 bridgehead atoms. The number of hydrogen-bond donors (Lipinski definition) is 2. The molecule has 0 heterocycles. The van der Waals surface area contributed by atoms with E-state index in [2.05, 4.69) is 97.1 Å². The second-order valence-electron chi connectivity index (χ2n) is 7.91. The summed E-state index contributed by atoms with van der Waals surface area (Å²) in [5.74, 6) is 0. The van der Waals surface area contributed by atoms with Crippen molar-refractivity contribution in [1.82, 2.24) is 0 Å². The summed E-state index contributed by atoms with van der Waals surface area (Å²) in [6, 6.07) is 41.9. The van der Waals surface area contributed by atoms with Gasteiger partial charge in [0.25, 0.3) is 0 Å². The highest BCUT2D eigenvalue weighted by Crippen LogP contribution is 2.36. The first kappa shape index (κ1) is 19.7. The Hall–Kier alpha value is -4.30. The van der Waals surface area contributed by atoms with Crippen LogP contribution in [0.4, 0.5) is 11.4 Å². The molecule has 0 spiro atoms. The molecule has 0 atom stereocenters. The normalized spacial score (nSPS) is 10.8. The van der Waals surface area contributed by atoms with Crippen molar-refractivity contribution in [3.05, 3.63) is 121 Å². The fourth-order valence-corrected chi connectivity index (χ4v) is 4.13. The van der Waals surface area contributed by atoms with Crippen molar-refractivity contribution in [2.24, 2.45) is 0 Å². The van der Waals surface area contributed by atoms with Gasteiger partial charge in [-0.1, -0.05) is 97.1 Å². The van der Waals surface area contributed by atoms with Gasteiger partial charge in [-0.05, 0) is 68.8 Å². The molecular weight excluding hydrogens is 388 g/mol. The molecule has 4 N–H and O–H groups in total. The van der Waals surface area contributed by atoms with E-state index in [4.69, 9.17) is 11.5 Å². The van der Waals surface area contributed by atoms with Crippen molar-refractivity contribution < 1.29 is 0 Å². The third kappa shape index (κ3) is 3.86. The van der Waals surface area contributed by atoms with E-state index in [1.165, 1.54) is 33.4 Å². The van der Waals surface area contributed by atoms with Gasteiger partial charge in [-0.2, -0.15) is 0 Å². The van der Waals surface area contributed by atoms with Gasteiger partial charge in [-0.3, -0.25) is 0 Å². The Balaban J connectivity index is 1.53. The van der Waals surface area contributed by atoms with E-state index in [0.717, 1.165) is 22.5 Å². The fraction of sp³-hybridized carbons (Fsp3) is 0. The maximum absolute atomic E-state index is 5.88. The van der Waals surface area contributed by atoms with E-state index in [0.29, 0.717) is 0 Å². The van der Waals surface area contributed by atoms with E-state index in [1.54, 1.807) is 0 Å². The lowest BCUT2D eigenvalue weighted by molar-refractivity contribution is 1.56. The number of nitrogens with two attached hydrogens (primary N) is 2. The molecule has 0 saturated heterocycles. The molecule has 0 aliphatic carbocycles. The quantitative estimate of drug-likeness (QED) is 0.300. The molecule has 5 rings (SSSR count). The van der Waals surface area contributed by atoms with Gasteiger partial charge in [0.2, 0.25) is 0 Å². The van der Waals surface area contributed by atoms with Crippen LogP contribution in [-0.4, -0.2) is 0 Å². The van der Waals surface area contributed by atoms with Crippen LogP contribution in [0.2, 0.25) is 0 Å². The fourth-order valence-electron chi connectivity index (χ4n) is 4.13. The van der Waals surface area contributed by atoms with Crippen LogP contribution in [0.25, 0.3) is 44.5 Å². The van der Waals surface area contributed by atoms with E-state index >= 15 is 0 Å². The second kappa shape index (κ2) is 8.44. The van der Waals surface area contributed by atoms with Gasteiger partial charge < -0.3 is 11.5 Å². The molecule has 5 aromatic carbocycles. The number of benzene rings is 5. The number of rotatable bonds is 4. The van der Waals surface area contributed by atoms with Gasteiger partial charge in [0.05, 0.1) is 0 Å². The van der Waals surface area contributed by atoms with Crippen molar-refractivity contribution in [1.29, 1.82) is 0 Å². The first-order valence-electron chi connectivity index (χ1n) is 10.7. The Bertz CT molecular complexity index is 1240. The first-order valence-corrected chi connectivity index (χ1v) is 10.7. The van der Waals surface area contributed by atoms with Crippen LogP contribution in [0, 0.1) is 0 Å². The summed E-state index contributed by atoms with van der Waals surface area (Å²) in [6.45, 7) is 0. The summed E-state index contributed by atoms with van der Waals surface area (Å²) in [5, 5.41) is 0. The standard InChI is InChI=1S/C30H24N2/c31-25-17-13-23(14-18-25)29-7-3-1-5-27(29)21-9-11-22(12-10-21)28-6-2-4-8-30(28)24-15-19-26(32)20-16-24/h1-20H,31-32H2. The highest BCUT2D eigenvalue weighted by Gasteiger charge is 2.10. The summed E-state index contributed by atoms with van der Waals surface area (Å²) in [5.41, 5.74) is 22.8. The number of nitrogen functional groups attached to an aromatic ring is 2. The SMILES string of the molecule is Nc1ccc(-c2ccccc2-c2ccc(-c3ccccc3-c3ccc(N)cc3)cc2)cc1. The molecule has 0 aliphatic rings. The first-order chi connectivity index (χ1) is 15.7. The molecule has 0 aliphatic heterocycles. The van der Waals surface area contributed by atoms with Crippen LogP contribution in [0.1, 0.15) is 0 Å². The molecule has 0 fully saturated rings. The van der Waals surface area contributed by atoms with Gasteiger partial charge in [0.1, 0.15) is 0 Å². The van der Waals surface area contributed by atoms with Crippen LogP contribution < -0.4 is 11.5 Å². The van der Waals surface area contributed by atoms with Crippen LogP contribution in [0.5, 0.6) is 0 Å². The molecule has 32 heavy (non-hydrogen) atoms. The number of anilines is 2. The highest BCUT2D eigenvalue weighted by molar-refractivity contribution is 5.87. The number of hydrogen-bond acceptors (Lipinski definition) is 2. The minimum atomic E-state index is 0.773. The summed E-state index contributed by atoms with van der Waals surface area (Å²) in [4.78, 5) is 0. The second-order valence-corrected chi connectivity index (χ2v) is 7.91. The van der Waals surface area contributed by atoms with Crippen molar-refractivity contribution in [2.75, 3.05) is 11.5 Å². The van der Waals surface area contributed by atoms with Crippen LogP contribution in [-0.2, 0) is 0 Å². The van der Waals surface area contributed by atoms with Crippen LogP contribution >= 0.6 is 0 Å². The van der Waals surface area contributed by atoms with Gasteiger partial charge in [0.15, 0.2) is 0 Å². The molecule has 2 heteroatoms. The van der Waals surface area contributed by atoms with E-state index < -0.39 is 0 Å². The predicted molar refractivity (Wildman–Crippen MR) is 137 cm³/mol. The summed E-state index contributed by atoms with van der Waals surface area (Å²) in [7, 11) is 0. The van der Waals surface area contributed by atoms with Crippen LogP contribution in [0.3, 0.4) is 0 Å². The smallest absolute Gasteiger partial charge is 0.0314 e. The lowest BCUT2D eigenvalue weighted by Crippen LogP contribution is -1.89. The van der Waals surface area contributed by atoms with Gasteiger partial charge in [-0.15, -0.1) is 0 Å². The van der Waals surface area contributed by atoms with E-state index in [9.17, 15) is 0 Å². The third-order valence-electron chi connectivity index (χ3n) is 5.80. The van der Waals surface area contributed by atoms with E-state index in [1.807, 2.05) is 24.3 Å². The molecule has 0 saturated carbocycles. The molecule has 5 aromatic rings. The Morgan fingerprint density at radius 3 is 0.750 bits per heavy atom. The van der Waals surface area contributed by atoms with Crippen molar-refractivity contribution in [2.45, 2.75) is 0 Å². The lowest BCUT2D eigenvalue weighted by Gasteiger charge is -2.13.